The number of imidazole rings is 1. The fraction of sp³-hybridized carbons (Fsp3) is 0. The first kappa shape index (κ1) is 14.0. The summed E-state index contributed by atoms with van der Waals surface area (Å²) in [5, 5.41) is 4.53. The first-order valence-electron chi connectivity index (χ1n) is 7.27. The summed E-state index contributed by atoms with van der Waals surface area (Å²) in [6.07, 6.45) is 9.71. The smallest absolute Gasteiger partial charge is 0.274 e. The number of hydrogen-bond donors (Lipinski definition) is 1. The maximum atomic E-state index is 12.5. The van der Waals surface area contributed by atoms with Gasteiger partial charge in [0.05, 0.1) is 18.1 Å². The van der Waals surface area contributed by atoms with E-state index < -0.39 is 0 Å². The summed E-state index contributed by atoms with van der Waals surface area (Å²) in [6, 6.07) is 9.48. The van der Waals surface area contributed by atoms with Crippen LogP contribution in [0.3, 0.4) is 0 Å². The molecule has 1 N–H and O–H groups in total. The molecule has 0 radical (unpaired) electrons. The van der Waals surface area contributed by atoms with Crippen LogP contribution in [-0.2, 0) is 0 Å². The van der Waals surface area contributed by atoms with Gasteiger partial charge < -0.3 is 5.32 Å². The number of rotatable bonds is 3. The molecule has 0 fully saturated rings. The normalized spacial score (nSPS) is 10.7. The minimum atomic E-state index is -0.300. The first-order valence-corrected chi connectivity index (χ1v) is 7.27. The van der Waals surface area contributed by atoms with Crippen LogP contribution in [0.2, 0.25) is 0 Å². The highest BCUT2D eigenvalue weighted by atomic mass is 16.1. The molecule has 7 nitrogen and oxygen atoms in total. The Hall–Kier alpha value is -3.61. The average molecular weight is 316 g/mol. The molecule has 0 aliphatic rings. The summed E-state index contributed by atoms with van der Waals surface area (Å²) < 4.78 is 1.68. The number of amides is 1. The van der Waals surface area contributed by atoms with Gasteiger partial charge in [-0.2, -0.15) is 0 Å². The van der Waals surface area contributed by atoms with E-state index in [0.717, 1.165) is 10.8 Å². The van der Waals surface area contributed by atoms with Crippen LogP contribution in [0.25, 0.3) is 16.7 Å². The molecule has 1 amide bonds. The highest BCUT2D eigenvalue weighted by Crippen LogP contribution is 2.17. The highest BCUT2D eigenvalue weighted by molar-refractivity contribution is 6.11. The predicted molar refractivity (Wildman–Crippen MR) is 88.9 cm³/mol. The van der Waals surface area contributed by atoms with E-state index in [1.54, 1.807) is 41.9 Å². The molecule has 0 bridgehead atoms. The molecule has 0 aliphatic heterocycles. The maximum absolute atomic E-state index is 12.5. The molecule has 1 aromatic carbocycles. The van der Waals surface area contributed by atoms with Crippen molar-refractivity contribution in [2.45, 2.75) is 0 Å². The van der Waals surface area contributed by atoms with Gasteiger partial charge in [-0.25, -0.2) is 15.0 Å². The largest absolute Gasteiger partial charge is 0.318 e. The summed E-state index contributed by atoms with van der Waals surface area (Å²) in [4.78, 5) is 29.1. The van der Waals surface area contributed by atoms with Gasteiger partial charge in [0, 0.05) is 24.0 Å². The van der Waals surface area contributed by atoms with Crippen LogP contribution in [0.4, 0.5) is 5.69 Å². The molecule has 0 saturated heterocycles. The summed E-state index contributed by atoms with van der Waals surface area (Å²) in [5.41, 5.74) is 0.866. The van der Waals surface area contributed by atoms with Crippen molar-refractivity contribution in [2.24, 2.45) is 0 Å². The molecule has 116 valence electrons. The van der Waals surface area contributed by atoms with Crippen LogP contribution in [0.5, 0.6) is 0 Å². The molecule has 4 rings (SSSR count). The Morgan fingerprint density at radius 2 is 1.83 bits per heavy atom. The molecule has 3 heterocycles. The molecule has 0 atom stereocenters. The molecular formula is C17H12N6O. The molecule has 4 aromatic rings. The van der Waals surface area contributed by atoms with E-state index in [-0.39, 0.29) is 5.91 Å². The van der Waals surface area contributed by atoms with E-state index in [1.165, 1.54) is 0 Å². The molecule has 0 aliphatic carbocycles. The Labute approximate surface area is 137 Å². The van der Waals surface area contributed by atoms with Crippen molar-refractivity contribution in [2.75, 3.05) is 5.32 Å². The van der Waals surface area contributed by atoms with Crippen molar-refractivity contribution in [1.29, 1.82) is 0 Å². The van der Waals surface area contributed by atoms with Gasteiger partial charge in [0.1, 0.15) is 12.0 Å². The van der Waals surface area contributed by atoms with Crippen molar-refractivity contribution < 1.29 is 4.79 Å². The summed E-state index contributed by atoms with van der Waals surface area (Å²) in [6.45, 7) is 0. The van der Waals surface area contributed by atoms with Gasteiger partial charge in [-0.1, -0.05) is 24.3 Å². The Balaban J connectivity index is 1.59. The fourth-order valence-corrected chi connectivity index (χ4v) is 2.39. The first-order chi connectivity index (χ1) is 11.8. The number of aromatic nitrogens is 5. The van der Waals surface area contributed by atoms with Gasteiger partial charge in [-0.3, -0.25) is 14.3 Å². The lowest BCUT2D eigenvalue weighted by atomic mass is 10.1. The minimum Gasteiger partial charge on any atom is -0.318 e. The van der Waals surface area contributed by atoms with Crippen molar-refractivity contribution in [3.05, 3.63) is 73.3 Å². The molecular weight excluding hydrogens is 304 g/mol. The second-order valence-electron chi connectivity index (χ2n) is 5.08. The Kier molecular flexibility index (Phi) is 3.43. The zero-order valence-corrected chi connectivity index (χ0v) is 12.5. The quantitative estimate of drug-likeness (QED) is 0.627. The van der Waals surface area contributed by atoms with E-state index in [9.17, 15) is 4.79 Å². The van der Waals surface area contributed by atoms with Crippen LogP contribution >= 0.6 is 0 Å². The number of pyridine rings is 1. The average Bonchev–Trinajstić information content (AvgIpc) is 3.16. The number of hydrogen-bond acceptors (Lipinski definition) is 5. The summed E-state index contributed by atoms with van der Waals surface area (Å²) >= 11 is 0. The third-order valence-corrected chi connectivity index (χ3v) is 3.52. The van der Waals surface area contributed by atoms with Crippen molar-refractivity contribution in [1.82, 2.24) is 24.5 Å². The topological polar surface area (TPSA) is 85.6 Å². The van der Waals surface area contributed by atoms with Crippen LogP contribution < -0.4 is 5.32 Å². The Morgan fingerprint density at radius 3 is 2.62 bits per heavy atom. The number of nitrogens with one attached hydrogen (secondary N) is 1. The number of carbonyl (C=O) groups is 1. The standard InChI is InChI=1S/C17H12N6O/c24-16(15-14-4-2-1-3-12(14)5-6-19-15)22-13-9-20-17(21-10-13)23-8-7-18-11-23/h1-11H,(H,22,24). The molecule has 0 spiro atoms. The van der Waals surface area contributed by atoms with E-state index >= 15 is 0 Å². The van der Waals surface area contributed by atoms with Crippen LogP contribution in [0, 0.1) is 0 Å². The van der Waals surface area contributed by atoms with Crippen molar-refractivity contribution in [3.8, 4) is 5.95 Å². The van der Waals surface area contributed by atoms with Gasteiger partial charge in [-0.15, -0.1) is 0 Å². The van der Waals surface area contributed by atoms with Gasteiger partial charge in [-0.05, 0) is 11.5 Å². The van der Waals surface area contributed by atoms with Gasteiger partial charge in [0.15, 0.2) is 0 Å². The van der Waals surface area contributed by atoms with Gasteiger partial charge in [0.25, 0.3) is 5.91 Å². The lowest BCUT2D eigenvalue weighted by Gasteiger charge is -2.07. The monoisotopic (exact) mass is 316 g/mol. The third kappa shape index (κ3) is 2.58. The minimum absolute atomic E-state index is 0.300. The Morgan fingerprint density at radius 1 is 1.00 bits per heavy atom. The van der Waals surface area contributed by atoms with Crippen molar-refractivity contribution >= 4 is 22.4 Å². The predicted octanol–water partition coefficient (Wildman–Crippen LogP) is 2.46. The lowest BCUT2D eigenvalue weighted by molar-refractivity contribution is 0.102. The number of anilines is 1. The second kappa shape index (κ2) is 5.88. The van der Waals surface area contributed by atoms with Crippen molar-refractivity contribution in [3.63, 3.8) is 0 Å². The van der Waals surface area contributed by atoms with Crippen LogP contribution in [0.15, 0.2) is 67.6 Å². The summed E-state index contributed by atoms with van der Waals surface area (Å²) in [7, 11) is 0. The number of carbonyl (C=O) groups excluding carboxylic acids is 1. The number of nitrogens with zero attached hydrogens (tertiary/aromatic N) is 5. The zero-order chi connectivity index (χ0) is 16.4. The van der Waals surface area contributed by atoms with Crippen LogP contribution in [0.1, 0.15) is 10.5 Å². The van der Waals surface area contributed by atoms with Crippen LogP contribution in [-0.4, -0.2) is 30.4 Å². The lowest BCUT2D eigenvalue weighted by Crippen LogP contribution is -2.14. The number of fused-ring (bicyclic) bond motifs is 1. The van der Waals surface area contributed by atoms with Gasteiger partial charge >= 0.3 is 0 Å². The second-order valence-corrected chi connectivity index (χ2v) is 5.08. The molecule has 3 aromatic heterocycles. The molecule has 24 heavy (non-hydrogen) atoms. The highest BCUT2D eigenvalue weighted by Gasteiger charge is 2.12. The molecule has 0 saturated carbocycles. The van der Waals surface area contributed by atoms with E-state index in [1.807, 2.05) is 30.3 Å². The van der Waals surface area contributed by atoms with E-state index in [0.29, 0.717) is 17.3 Å². The Bertz CT molecular complexity index is 990. The molecule has 0 unspecified atom stereocenters. The SMILES string of the molecule is O=C(Nc1cnc(-n2ccnc2)nc1)c1nccc2ccccc12. The summed E-state index contributed by atoms with van der Waals surface area (Å²) in [5.74, 6) is 0.180. The van der Waals surface area contributed by atoms with E-state index in [2.05, 4.69) is 25.3 Å². The number of benzene rings is 1. The van der Waals surface area contributed by atoms with E-state index in [4.69, 9.17) is 0 Å². The molecule has 7 heteroatoms. The third-order valence-electron chi connectivity index (χ3n) is 3.52. The fourth-order valence-electron chi connectivity index (χ4n) is 2.39. The zero-order valence-electron chi connectivity index (χ0n) is 12.5. The maximum Gasteiger partial charge on any atom is 0.274 e. The van der Waals surface area contributed by atoms with Gasteiger partial charge in [0.2, 0.25) is 5.95 Å².